The molecule has 4 aromatic rings. The topological polar surface area (TPSA) is 108 Å². The van der Waals surface area contributed by atoms with Crippen LogP contribution in [0, 0.1) is 15.9 Å². The summed E-state index contributed by atoms with van der Waals surface area (Å²) in [7, 11) is 0. The minimum atomic E-state index is -0.893. The van der Waals surface area contributed by atoms with Gasteiger partial charge in [-0.1, -0.05) is 35.9 Å². The predicted molar refractivity (Wildman–Crippen MR) is 134 cm³/mol. The van der Waals surface area contributed by atoms with Gasteiger partial charge in [-0.25, -0.2) is 14.2 Å². The summed E-state index contributed by atoms with van der Waals surface area (Å²) in [5, 5.41) is 12.1. The smallest absolute Gasteiger partial charge is 0.405 e. The third-order valence-electron chi connectivity index (χ3n) is 5.35. The molecule has 3 aromatic carbocycles. The van der Waals surface area contributed by atoms with Crippen LogP contribution in [0.25, 0.3) is 21.3 Å². The fourth-order valence-electron chi connectivity index (χ4n) is 3.88. The fourth-order valence-corrected chi connectivity index (χ4v) is 5.33. The maximum absolute atomic E-state index is 16.0. The Balaban J connectivity index is 1.82. The largest absolute Gasteiger partial charge is 0.443 e. The van der Waals surface area contributed by atoms with Crippen LogP contribution in [0.4, 0.5) is 14.9 Å². The number of nitrogens with two attached hydrogens (primary N) is 1. The van der Waals surface area contributed by atoms with Crippen LogP contribution in [-0.2, 0) is 17.6 Å². The fraction of sp³-hybridized carbons (Fsp3) is 0.200. The molecular weight excluding hydrogens is 493 g/mol. The average molecular weight is 514 g/mol. The number of ether oxygens (including phenoxy) is 1. The van der Waals surface area contributed by atoms with Crippen molar-refractivity contribution in [1.29, 1.82) is 0 Å². The quantitative estimate of drug-likeness (QED) is 0.219. The first-order valence-electron chi connectivity index (χ1n) is 10.6. The van der Waals surface area contributed by atoms with E-state index in [0.717, 1.165) is 10.3 Å². The van der Waals surface area contributed by atoms with Crippen molar-refractivity contribution in [2.75, 3.05) is 0 Å². The number of nitro benzene ring substituents is 1. The second-order valence-electron chi connectivity index (χ2n) is 8.65. The number of nitrogens with zero attached hydrogens (tertiary/aromatic N) is 2. The van der Waals surface area contributed by atoms with Crippen LogP contribution in [0.1, 0.15) is 30.0 Å². The summed E-state index contributed by atoms with van der Waals surface area (Å²) in [4.78, 5) is 26.4. The van der Waals surface area contributed by atoms with Crippen LogP contribution in [0.2, 0.25) is 5.02 Å². The van der Waals surface area contributed by atoms with Crippen molar-refractivity contribution in [1.82, 2.24) is 4.98 Å². The van der Waals surface area contributed by atoms with E-state index in [4.69, 9.17) is 22.1 Å². The molecule has 0 aliphatic heterocycles. The van der Waals surface area contributed by atoms with Gasteiger partial charge < -0.3 is 10.5 Å². The first-order chi connectivity index (χ1) is 16.5. The predicted octanol–water partition coefficient (Wildman–Crippen LogP) is 6.67. The number of aromatic nitrogens is 1. The Morgan fingerprint density at radius 1 is 1.23 bits per heavy atom. The van der Waals surface area contributed by atoms with Crippen LogP contribution in [0.3, 0.4) is 0 Å². The zero-order valence-corrected chi connectivity index (χ0v) is 20.5. The SMILES string of the molecule is CC(C)(Cc1nc2c(-c3cccc(Cl)c3)c(F)c(Cc3ccc([N+](=O)[O-])cc3)cc2s1)OC(N)=O. The Morgan fingerprint density at radius 2 is 1.94 bits per heavy atom. The number of carbonyl (C=O) groups is 1. The zero-order valence-electron chi connectivity index (χ0n) is 18.9. The molecule has 35 heavy (non-hydrogen) atoms. The Hall–Kier alpha value is -3.56. The van der Waals surface area contributed by atoms with Crippen molar-refractivity contribution >= 4 is 44.9 Å². The third kappa shape index (κ3) is 5.58. The zero-order chi connectivity index (χ0) is 25.3. The van der Waals surface area contributed by atoms with Gasteiger partial charge in [0.05, 0.1) is 20.1 Å². The first-order valence-corrected chi connectivity index (χ1v) is 11.8. The number of carbonyl (C=O) groups excluding carboxylic acids is 1. The molecule has 4 rings (SSSR count). The van der Waals surface area contributed by atoms with Crippen LogP contribution in [0.15, 0.2) is 54.6 Å². The van der Waals surface area contributed by atoms with Gasteiger partial charge in [0.1, 0.15) is 11.4 Å². The highest BCUT2D eigenvalue weighted by Crippen LogP contribution is 2.38. The highest BCUT2D eigenvalue weighted by Gasteiger charge is 2.26. The molecule has 0 radical (unpaired) electrons. The second-order valence-corrected chi connectivity index (χ2v) is 10.2. The molecule has 0 fully saturated rings. The normalized spacial score (nSPS) is 11.5. The van der Waals surface area contributed by atoms with Crippen molar-refractivity contribution in [3.63, 3.8) is 0 Å². The van der Waals surface area contributed by atoms with E-state index in [9.17, 15) is 14.9 Å². The number of rotatable bonds is 7. The van der Waals surface area contributed by atoms with Gasteiger partial charge in [0.25, 0.3) is 5.69 Å². The molecule has 7 nitrogen and oxygen atoms in total. The number of hydrogen-bond donors (Lipinski definition) is 1. The van der Waals surface area contributed by atoms with E-state index in [1.165, 1.54) is 23.5 Å². The van der Waals surface area contributed by atoms with Crippen molar-refractivity contribution in [2.24, 2.45) is 5.73 Å². The van der Waals surface area contributed by atoms with Crippen molar-refractivity contribution < 1.29 is 18.8 Å². The summed E-state index contributed by atoms with van der Waals surface area (Å²) in [6.07, 6.45) is -0.354. The number of non-ortho nitro benzene ring substituents is 1. The van der Waals surface area contributed by atoms with E-state index >= 15 is 4.39 Å². The van der Waals surface area contributed by atoms with Crippen LogP contribution in [-0.4, -0.2) is 21.6 Å². The number of fused-ring (bicyclic) bond motifs is 1. The number of amides is 1. The minimum Gasteiger partial charge on any atom is -0.443 e. The standard InChI is InChI=1S/C25H21ClFN3O4S/c1-25(2,34-24(28)31)13-20-29-23-19(35-20)12-16(10-14-6-8-18(9-7-14)30(32)33)22(27)21(23)15-4-3-5-17(26)11-15/h3-9,11-12H,10,13H2,1-2H3,(H2,28,31). The Kier molecular flexibility index (Phi) is 6.73. The molecule has 0 bridgehead atoms. The van der Waals surface area contributed by atoms with Crippen molar-refractivity contribution in [3.05, 3.63) is 91.7 Å². The minimum absolute atomic E-state index is 0.0304. The van der Waals surface area contributed by atoms with Gasteiger partial charge in [0.15, 0.2) is 0 Å². The maximum Gasteiger partial charge on any atom is 0.405 e. The molecule has 0 atom stereocenters. The number of thiazole rings is 1. The van der Waals surface area contributed by atoms with Crippen LogP contribution >= 0.6 is 22.9 Å². The molecule has 0 saturated carbocycles. The molecule has 180 valence electrons. The van der Waals surface area contributed by atoms with Crippen LogP contribution in [0.5, 0.6) is 0 Å². The summed E-state index contributed by atoms with van der Waals surface area (Å²) >= 11 is 7.57. The summed E-state index contributed by atoms with van der Waals surface area (Å²) in [5.74, 6) is -0.442. The molecule has 0 unspecified atom stereocenters. The van der Waals surface area contributed by atoms with Gasteiger partial charge in [-0.2, -0.15) is 0 Å². The molecule has 0 saturated heterocycles. The van der Waals surface area contributed by atoms with Gasteiger partial charge in [-0.05, 0) is 48.7 Å². The van der Waals surface area contributed by atoms with E-state index < -0.39 is 22.4 Å². The van der Waals surface area contributed by atoms with Gasteiger partial charge in [0.2, 0.25) is 0 Å². The Bertz CT molecular complexity index is 1440. The summed E-state index contributed by atoms with van der Waals surface area (Å²) in [5.41, 5.74) is 6.78. The lowest BCUT2D eigenvalue weighted by atomic mass is 9.97. The van der Waals surface area contributed by atoms with Gasteiger partial charge in [0, 0.05) is 35.6 Å². The number of nitro groups is 1. The third-order valence-corrected chi connectivity index (χ3v) is 6.59. The number of hydrogen-bond acceptors (Lipinski definition) is 6. The molecule has 0 aliphatic rings. The summed E-state index contributed by atoms with van der Waals surface area (Å²) < 4.78 is 21.9. The molecule has 1 amide bonds. The highest BCUT2D eigenvalue weighted by atomic mass is 35.5. The van der Waals surface area contributed by atoms with E-state index in [2.05, 4.69) is 4.98 Å². The average Bonchev–Trinajstić information content (AvgIpc) is 3.14. The van der Waals surface area contributed by atoms with E-state index in [-0.39, 0.29) is 12.1 Å². The first kappa shape index (κ1) is 24.6. The lowest BCUT2D eigenvalue weighted by molar-refractivity contribution is -0.384. The Labute approximate surface area is 209 Å². The lowest BCUT2D eigenvalue weighted by Gasteiger charge is -2.22. The lowest BCUT2D eigenvalue weighted by Crippen LogP contribution is -2.33. The summed E-state index contributed by atoms with van der Waals surface area (Å²) in [6.45, 7) is 3.45. The van der Waals surface area contributed by atoms with Gasteiger partial charge in [-0.3, -0.25) is 10.1 Å². The van der Waals surface area contributed by atoms with E-state index in [0.29, 0.717) is 38.7 Å². The number of halogens is 2. The number of primary amides is 1. The van der Waals surface area contributed by atoms with Gasteiger partial charge >= 0.3 is 6.09 Å². The van der Waals surface area contributed by atoms with Crippen molar-refractivity contribution in [3.8, 4) is 11.1 Å². The molecule has 1 aromatic heterocycles. The molecule has 1 heterocycles. The maximum atomic E-state index is 16.0. The van der Waals surface area contributed by atoms with Crippen molar-refractivity contribution in [2.45, 2.75) is 32.3 Å². The highest BCUT2D eigenvalue weighted by molar-refractivity contribution is 7.18. The summed E-state index contributed by atoms with van der Waals surface area (Å²) in [6, 6.07) is 14.6. The molecule has 0 aliphatic carbocycles. The van der Waals surface area contributed by atoms with Gasteiger partial charge in [-0.15, -0.1) is 11.3 Å². The molecule has 10 heteroatoms. The van der Waals surface area contributed by atoms with E-state index in [1.54, 1.807) is 56.3 Å². The molecule has 2 N–H and O–H groups in total. The monoisotopic (exact) mass is 513 g/mol. The Morgan fingerprint density at radius 3 is 2.57 bits per heavy atom. The second kappa shape index (κ2) is 9.59. The molecular formula is C25H21ClFN3O4S. The molecule has 0 spiro atoms. The number of benzene rings is 3. The van der Waals surface area contributed by atoms with Crippen LogP contribution < -0.4 is 5.73 Å². The van der Waals surface area contributed by atoms with E-state index in [1.807, 2.05) is 0 Å².